The third-order valence-electron chi connectivity index (χ3n) is 5.22. The number of alkyl halides is 1. The van der Waals surface area contributed by atoms with Crippen molar-refractivity contribution >= 4 is 32.9 Å². The summed E-state index contributed by atoms with van der Waals surface area (Å²) >= 11 is 1.21. The molecule has 4 rings (SSSR count). The second-order valence-corrected chi connectivity index (χ2v) is 9.97. The molecule has 0 amide bonds. The van der Waals surface area contributed by atoms with Crippen LogP contribution < -0.4 is 10.0 Å². The van der Waals surface area contributed by atoms with Gasteiger partial charge in [-0.25, -0.2) is 26.6 Å². The fraction of sp³-hybridized carbons (Fsp3) is 0.286. The standard InChI is InChI=1S/C21H21F3N4O2S2/c1-13-5-20(32(29,30)27-21-11-31-12-26-21)18(24)6-19(13)25-7-16-14(3-2-4-17(16)23)8-28-9-15(22)10-28/h2-6,11-12,15,25,27H,7-10H2,1H3. The Morgan fingerprint density at radius 1 is 1.22 bits per heavy atom. The molecule has 2 heterocycles. The summed E-state index contributed by atoms with van der Waals surface area (Å²) in [5.74, 6) is -1.25. The monoisotopic (exact) mass is 482 g/mol. The van der Waals surface area contributed by atoms with E-state index in [2.05, 4.69) is 15.0 Å². The fourth-order valence-corrected chi connectivity index (χ4v) is 5.22. The molecule has 11 heteroatoms. The van der Waals surface area contributed by atoms with E-state index in [4.69, 9.17) is 0 Å². The van der Waals surface area contributed by atoms with Crippen molar-refractivity contribution in [3.8, 4) is 0 Å². The van der Waals surface area contributed by atoms with Crippen LogP contribution >= 0.6 is 11.3 Å². The van der Waals surface area contributed by atoms with Gasteiger partial charge in [0.2, 0.25) is 0 Å². The number of aromatic nitrogens is 1. The average molecular weight is 483 g/mol. The van der Waals surface area contributed by atoms with Gasteiger partial charge in [0, 0.05) is 42.8 Å². The van der Waals surface area contributed by atoms with Crippen molar-refractivity contribution in [1.29, 1.82) is 0 Å². The van der Waals surface area contributed by atoms with Crippen LogP contribution in [0.4, 0.5) is 24.7 Å². The van der Waals surface area contributed by atoms with E-state index in [1.165, 1.54) is 34.4 Å². The molecule has 1 fully saturated rings. The van der Waals surface area contributed by atoms with Gasteiger partial charge in [0.15, 0.2) is 5.82 Å². The summed E-state index contributed by atoms with van der Waals surface area (Å²) in [6.07, 6.45) is -0.851. The van der Waals surface area contributed by atoms with Crippen LogP contribution in [-0.4, -0.2) is 37.6 Å². The lowest BCUT2D eigenvalue weighted by molar-refractivity contribution is 0.0588. The Bertz CT molecular complexity index is 1210. The number of rotatable bonds is 8. The van der Waals surface area contributed by atoms with E-state index < -0.39 is 32.7 Å². The maximum atomic E-state index is 14.7. The Balaban J connectivity index is 1.52. The first-order valence-electron chi connectivity index (χ1n) is 9.80. The van der Waals surface area contributed by atoms with Crippen molar-refractivity contribution in [3.63, 3.8) is 0 Å². The molecule has 0 aliphatic carbocycles. The number of hydrogen-bond donors (Lipinski definition) is 2. The largest absolute Gasteiger partial charge is 0.381 e. The molecule has 1 saturated heterocycles. The fourth-order valence-electron chi connectivity index (χ4n) is 3.52. The number of benzene rings is 2. The maximum absolute atomic E-state index is 14.7. The van der Waals surface area contributed by atoms with Gasteiger partial charge in [0.05, 0.1) is 5.51 Å². The van der Waals surface area contributed by atoms with E-state index in [-0.39, 0.29) is 12.4 Å². The normalized spacial score (nSPS) is 14.9. The van der Waals surface area contributed by atoms with Gasteiger partial charge in [-0.05, 0) is 36.2 Å². The summed E-state index contributed by atoms with van der Waals surface area (Å²) in [5.41, 5.74) is 3.40. The predicted octanol–water partition coefficient (Wildman–Crippen LogP) is 4.30. The molecule has 1 aromatic heterocycles. The van der Waals surface area contributed by atoms with Gasteiger partial charge in [-0.15, -0.1) is 11.3 Å². The molecular formula is C21H21F3N4O2S2. The summed E-state index contributed by atoms with van der Waals surface area (Å²) in [7, 11) is -4.15. The highest BCUT2D eigenvalue weighted by molar-refractivity contribution is 7.92. The highest BCUT2D eigenvalue weighted by Gasteiger charge is 2.27. The number of sulfonamides is 1. The number of nitrogens with zero attached hydrogens (tertiary/aromatic N) is 2. The molecule has 1 aliphatic heterocycles. The number of halogens is 3. The first kappa shape index (κ1) is 22.6. The summed E-state index contributed by atoms with van der Waals surface area (Å²) in [6, 6.07) is 7.01. The molecule has 0 unspecified atom stereocenters. The molecular weight excluding hydrogens is 461 g/mol. The minimum atomic E-state index is -4.15. The van der Waals surface area contributed by atoms with Crippen molar-refractivity contribution in [2.24, 2.45) is 0 Å². The Morgan fingerprint density at radius 3 is 2.69 bits per heavy atom. The predicted molar refractivity (Wildman–Crippen MR) is 118 cm³/mol. The van der Waals surface area contributed by atoms with Crippen LogP contribution in [-0.2, 0) is 23.1 Å². The zero-order valence-corrected chi connectivity index (χ0v) is 18.7. The summed E-state index contributed by atoms with van der Waals surface area (Å²) in [6.45, 7) is 2.75. The molecule has 1 aliphatic rings. The van der Waals surface area contributed by atoms with Gasteiger partial charge in [0.1, 0.15) is 22.7 Å². The molecule has 3 aromatic rings. The molecule has 0 saturated carbocycles. The lowest BCUT2D eigenvalue weighted by Crippen LogP contribution is -2.47. The topological polar surface area (TPSA) is 74.3 Å². The van der Waals surface area contributed by atoms with Gasteiger partial charge < -0.3 is 5.32 Å². The first-order valence-corrected chi connectivity index (χ1v) is 12.2. The minimum Gasteiger partial charge on any atom is -0.381 e. The molecule has 32 heavy (non-hydrogen) atoms. The van der Waals surface area contributed by atoms with Crippen LogP contribution in [0.15, 0.2) is 46.1 Å². The number of hydrogen-bond acceptors (Lipinski definition) is 6. The van der Waals surface area contributed by atoms with E-state index >= 15 is 0 Å². The third kappa shape index (κ3) is 4.89. The summed E-state index contributed by atoms with van der Waals surface area (Å²) in [5, 5.41) is 4.49. The van der Waals surface area contributed by atoms with Crippen LogP contribution in [0.3, 0.4) is 0 Å². The number of anilines is 2. The van der Waals surface area contributed by atoms with Crippen LogP contribution in [0.25, 0.3) is 0 Å². The van der Waals surface area contributed by atoms with E-state index in [1.807, 2.05) is 4.90 Å². The summed E-state index contributed by atoms with van der Waals surface area (Å²) in [4.78, 5) is 5.22. The highest BCUT2D eigenvalue weighted by atomic mass is 32.2. The molecule has 2 N–H and O–H groups in total. The molecule has 2 aromatic carbocycles. The van der Waals surface area contributed by atoms with Gasteiger partial charge in [-0.2, -0.15) is 0 Å². The molecule has 0 spiro atoms. The maximum Gasteiger partial charge on any atom is 0.266 e. The van der Waals surface area contributed by atoms with E-state index in [0.717, 1.165) is 6.07 Å². The van der Waals surface area contributed by atoms with Crippen molar-refractivity contribution < 1.29 is 21.6 Å². The molecule has 6 nitrogen and oxygen atoms in total. The Kier molecular flexibility index (Phi) is 6.40. The van der Waals surface area contributed by atoms with Crippen LogP contribution in [0.5, 0.6) is 0 Å². The Hall–Kier alpha value is -2.63. The van der Waals surface area contributed by atoms with E-state index in [9.17, 15) is 21.6 Å². The number of aryl methyl sites for hydroxylation is 1. The van der Waals surface area contributed by atoms with Gasteiger partial charge in [0.25, 0.3) is 10.0 Å². The van der Waals surface area contributed by atoms with Crippen molar-refractivity contribution in [2.75, 3.05) is 23.1 Å². The minimum absolute atomic E-state index is 0.0678. The number of likely N-dealkylation sites (tertiary alicyclic amines) is 1. The second kappa shape index (κ2) is 9.08. The Morgan fingerprint density at radius 2 is 2.00 bits per heavy atom. The summed E-state index contributed by atoms with van der Waals surface area (Å²) < 4.78 is 69.6. The Labute approximate surface area is 188 Å². The lowest BCUT2D eigenvalue weighted by Gasteiger charge is -2.34. The lowest BCUT2D eigenvalue weighted by atomic mass is 10.0. The third-order valence-corrected chi connectivity index (χ3v) is 7.17. The van der Waals surface area contributed by atoms with Crippen LogP contribution in [0.2, 0.25) is 0 Å². The number of thiazole rings is 1. The molecule has 170 valence electrons. The van der Waals surface area contributed by atoms with Gasteiger partial charge in [-0.1, -0.05) is 12.1 Å². The zero-order chi connectivity index (χ0) is 22.9. The van der Waals surface area contributed by atoms with E-state index in [0.29, 0.717) is 42.0 Å². The quantitative estimate of drug-likeness (QED) is 0.501. The molecule has 0 atom stereocenters. The molecule has 0 radical (unpaired) electrons. The molecule has 0 bridgehead atoms. The highest BCUT2D eigenvalue weighted by Crippen LogP contribution is 2.27. The zero-order valence-electron chi connectivity index (χ0n) is 17.1. The van der Waals surface area contributed by atoms with Crippen molar-refractivity contribution in [3.05, 3.63) is 69.5 Å². The van der Waals surface area contributed by atoms with E-state index in [1.54, 1.807) is 19.1 Å². The van der Waals surface area contributed by atoms with Crippen LogP contribution in [0.1, 0.15) is 16.7 Å². The van der Waals surface area contributed by atoms with Gasteiger partial charge >= 0.3 is 0 Å². The second-order valence-electron chi connectivity index (χ2n) is 7.60. The van der Waals surface area contributed by atoms with Crippen molar-refractivity contribution in [1.82, 2.24) is 9.88 Å². The van der Waals surface area contributed by atoms with Crippen LogP contribution in [0, 0.1) is 18.6 Å². The smallest absolute Gasteiger partial charge is 0.266 e. The number of nitrogens with one attached hydrogen (secondary N) is 2. The van der Waals surface area contributed by atoms with Gasteiger partial charge in [-0.3, -0.25) is 9.62 Å². The van der Waals surface area contributed by atoms with Crippen molar-refractivity contribution in [2.45, 2.75) is 31.1 Å². The average Bonchev–Trinajstić information content (AvgIpc) is 3.20. The first-order chi connectivity index (χ1) is 15.2. The SMILES string of the molecule is Cc1cc(S(=O)(=O)Nc2cscn2)c(F)cc1NCc1c(F)cccc1CN1CC(F)C1.